The summed E-state index contributed by atoms with van der Waals surface area (Å²) < 4.78 is 0. The van der Waals surface area contributed by atoms with Crippen molar-refractivity contribution < 1.29 is 0 Å². The van der Waals surface area contributed by atoms with Crippen LogP contribution in [0.5, 0.6) is 0 Å². The zero-order valence-corrected chi connectivity index (χ0v) is 73.1. The van der Waals surface area contributed by atoms with Gasteiger partial charge in [-0.3, -0.25) is 0 Å². The Labute approximate surface area is 607 Å². The van der Waals surface area contributed by atoms with Gasteiger partial charge in [0.15, 0.2) is 0 Å². The number of benzene rings is 3. The quantitative estimate of drug-likeness (QED) is 0.176. The number of nitrogens with zero attached hydrogens (tertiary/aromatic N) is 9. The van der Waals surface area contributed by atoms with Crippen LogP contribution in [0, 0.1) is 35.5 Å². The lowest BCUT2D eigenvalue weighted by molar-refractivity contribution is 0.373. The monoisotopic (exact) mass is 1350 g/mol. The van der Waals surface area contributed by atoms with Crippen LogP contribution in [0.1, 0.15) is 284 Å². The van der Waals surface area contributed by atoms with E-state index < -0.39 is 0 Å². The number of hydrogen-bond acceptors (Lipinski definition) is 9. The minimum Gasteiger partial charge on any atom is -0.364 e. The van der Waals surface area contributed by atoms with Gasteiger partial charge in [-0.25, -0.2) is 0 Å². The first-order chi connectivity index (χ1) is 45.7. The predicted molar refractivity (Wildman–Crippen MR) is 448 cm³/mol. The fourth-order valence-corrected chi connectivity index (χ4v) is 13.0. The first-order valence-electron chi connectivity index (χ1n) is 40.5. The summed E-state index contributed by atoms with van der Waals surface area (Å²) >= 11 is 0. The van der Waals surface area contributed by atoms with Crippen LogP contribution in [0.3, 0.4) is 0 Å². The van der Waals surface area contributed by atoms with Crippen molar-refractivity contribution in [2.45, 2.75) is 303 Å². The highest BCUT2D eigenvalue weighted by molar-refractivity contribution is 5.66. The molecule has 3 aromatic rings. The lowest BCUT2D eigenvalue weighted by atomic mass is 9.83. The van der Waals surface area contributed by atoms with Crippen molar-refractivity contribution in [2.24, 2.45) is 35.5 Å². The van der Waals surface area contributed by atoms with Gasteiger partial charge in [-0.05, 0) is 212 Å². The summed E-state index contributed by atoms with van der Waals surface area (Å²) in [7, 11) is 12.7. The summed E-state index contributed by atoms with van der Waals surface area (Å²) in [6.07, 6.45) is 0. The van der Waals surface area contributed by atoms with Crippen LogP contribution in [0.15, 0.2) is 72.8 Å². The van der Waals surface area contributed by atoms with Crippen LogP contribution in [0.25, 0.3) is 0 Å². The van der Waals surface area contributed by atoms with Gasteiger partial charge >= 0.3 is 0 Å². The summed E-state index contributed by atoms with van der Waals surface area (Å²) in [6.45, 7) is 92.7. The maximum atomic E-state index is 2.68. The molecular formula is C87H177N9. The van der Waals surface area contributed by atoms with Crippen molar-refractivity contribution >= 4 is 17.1 Å². The third kappa shape index (κ3) is 32.6. The zero-order chi connectivity index (χ0) is 76.3. The highest BCUT2D eigenvalue weighted by Gasteiger charge is 2.52. The largest absolute Gasteiger partial charge is 0.364 e. The van der Waals surface area contributed by atoms with Crippen molar-refractivity contribution in [1.29, 1.82) is 0 Å². The summed E-state index contributed by atoms with van der Waals surface area (Å²) in [4.78, 5) is 21.5. The summed E-state index contributed by atoms with van der Waals surface area (Å²) in [5.74, 6) is 6.91. The Morgan fingerprint density at radius 1 is 0.229 bits per heavy atom. The van der Waals surface area contributed by atoms with Crippen molar-refractivity contribution in [3.63, 3.8) is 0 Å². The molecule has 0 radical (unpaired) electrons. The normalized spacial score (nSPS) is 24.6. The second kappa shape index (κ2) is 61.7. The fraction of sp³-hybridized carbons (Fsp3) is 0.793. The van der Waals surface area contributed by atoms with Crippen molar-refractivity contribution in [3.05, 3.63) is 89.5 Å². The molecule has 0 N–H and O–H groups in total. The van der Waals surface area contributed by atoms with Crippen molar-refractivity contribution in [1.82, 2.24) is 29.4 Å². The molecule has 96 heavy (non-hydrogen) atoms. The molecule has 3 fully saturated rings. The molecular weight excluding hydrogens is 1170 g/mol. The Morgan fingerprint density at radius 2 is 0.365 bits per heavy atom. The Morgan fingerprint density at radius 3 is 0.490 bits per heavy atom. The summed E-state index contributed by atoms with van der Waals surface area (Å²) in [6, 6.07) is 31.1. The van der Waals surface area contributed by atoms with Gasteiger partial charge in [0.05, 0.1) is 0 Å². The van der Waals surface area contributed by atoms with Crippen LogP contribution < -0.4 is 14.7 Å². The van der Waals surface area contributed by atoms with E-state index in [1.54, 1.807) is 16.7 Å². The molecule has 0 unspecified atom stereocenters. The number of hydrogen-bond donors (Lipinski definition) is 0. The first-order valence-corrected chi connectivity index (χ1v) is 40.5. The highest BCUT2D eigenvalue weighted by Crippen LogP contribution is 2.54. The molecule has 9 nitrogen and oxygen atoms in total. The minimum absolute atomic E-state index is 0.686. The SMILES string of the molecule is CC.CC.CC.CC.CC.CC.CCN(C)CC.CCN(C)CC.CCN(C)CC.CCN(C)CC.CCN(C)CC.CCN(C)CC.C[C@@H]1[C@H](C)[C@H](C)N2c3ccccc3[C@H](C)[C@H]12.C[C@@H]1[C@H](C)[C@H](C)N2c3ccccc3[C@H](C)[C@H]12.C[C@@H]1[C@H](C)[C@H](C)N2c3ccccc3[C@H](C)[C@H]12. The van der Waals surface area contributed by atoms with E-state index in [-0.39, 0.29) is 0 Å². The molecule has 6 heterocycles. The van der Waals surface area contributed by atoms with Gasteiger partial charge in [0.25, 0.3) is 0 Å². The van der Waals surface area contributed by atoms with E-state index in [0.29, 0.717) is 35.9 Å². The molecule has 0 amide bonds. The van der Waals surface area contributed by atoms with Crippen LogP contribution >= 0.6 is 0 Å². The van der Waals surface area contributed by atoms with Gasteiger partial charge in [0, 0.05) is 71.1 Å². The maximum absolute atomic E-state index is 2.68. The van der Waals surface area contributed by atoms with Gasteiger partial charge in [0.2, 0.25) is 0 Å². The lowest BCUT2D eigenvalue weighted by Gasteiger charge is -2.27. The third-order valence-corrected chi connectivity index (χ3v) is 21.8. The van der Waals surface area contributed by atoms with E-state index in [1.165, 1.54) is 17.1 Å². The molecule has 0 bridgehead atoms. The second-order valence-electron chi connectivity index (χ2n) is 26.0. The number of fused-ring (bicyclic) bond motifs is 9. The zero-order valence-electron chi connectivity index (χ0n) is 73.1. The van der Waals surface area contributed by atoms with E-state index in [4.69, 9.17) is 0 Å². The van der Waals surface area contributed by atoms with Crippen LogP contribution in [-0.2, 0) is 0 Å². The molecule has 9 heteroatoms. The average Bonchev–Trinajstić information content (AvgIpc) is 1.60. The smallest absolute Gasteiger partial charge is 0.0407 e. The predicted octanol–water partition coefficient (Wildman–Crippen LogP) is 22.9. The Kier molecular flexibility index (Phi) is 66.7. The van der Waals surface area contributed by atoms with E-state index in [2.05, 4.69) is 325 Å². The molecule has 3 aromatic carbocycles. The molecule has 6 aliphatic heterocycles. The van der Waals surface area contributed by atoms with Crippen molar-refractivity contribution in [2.75, 3.05) is 136 Å². The minimum atomic E-state index is 0.686. The van der Waals surface area contributed by atoms with E-state index in [9.17, 15) is 0 Å². The van der Waals surface area contributed by atoms with Crippen LogP contribution in [0.4, 0.5) is 17.1 Å². The molecule has 0 spiro atoms. The van der Waals surface area contributed by atoms with Gasteiger partial charge < -0.3 is 44.1 Å². The molecule has 570 valence electrons. The van der Waals surface area contributed by atoms with Gasteiger partial charge in [-0.15, -0.1) is 0 Å². The Balaban J connectivity index is -0.000000241. The summed E-state index contributed by atoms with van der Waals surface area (Å²) in [5, 5.41) is 0. The van der Waals surface area contributed by atoms with Crippen LogP contribution in [0.2, 0.25) is 0 Å². The van der Waals surface area contributed by atoms with Gasteiger partial charge in [-0.1, -0.05) is 283 Å². The van der Waals surface area contributed by atoms with E-state index >= 15 is 0 Å². The molecule has 15 atom stereocenters. The fourth-order valence-electron chi connectivity index (χ4n) is 13.0. The number of rotatable bonds is 12. The Bertz CT molecular complexity index is 1860. The van der Waals surface area contributed by atoms with Gasteiger partial charge in [0.1, 0.15) is 0 Å². The molecule has 9 rings (SSSR count). The summed E-state index contributed by atoms with van der Waals surface area (Å²) in [5.41, 5.74) is 9.13. The average molecular weight is 1350 g/mol. The van der Waals surface area contributed by atoms with Crippen molar-refractivity contribution in [3.8, 4) is 0 Å². The molecule has 3 saturated heterocycles. The third-order valence-electron chi connectivity index (χ3n) is 21.8. The number of para-hydroxylation sites is 3. The molecule has 0 saturated carbocycles. The topological polar surface area (TPSA) is 29.2 Å². The molecule has 6 aliphatic rings. The maximum Gasteiger partial charge on any atom is 0.0407 e. The standard InChI is InChI=1S/3C15H21N.6C5H13N.6C2H6/c3*1-9-10(2)15-11(3)13-7-5-6-8-14(13)16(15)12(9)4;6*1-4-6(3)5-2;6*1-2/h3*5-12,15H,1-4H3;6*4-5H2,1-3H3;6*1-2H3/t3*9-,10+,11-,12-,15-;;;;;;;;;;;;/m000............/s1. The lowest BCUT2D eigenvalue weighted by Crippen LogP contribution is -2.34. The van der Waals surface area contributed by atoms with E-state index in [0.717, 1.165) is 132 Å². The first kappa shape index (κ1) is 104. The van der Waals surface area contributed by atoms with E-state index in [1.807, 2.05) is 83.1 Å². The highest BCUT2D eigenvalue weighted by atomic mass is 15.3. The Hall–Kier alpha value is -3.18. The molecule has 0 aromatic heterocycles. The second-order valence-corrected chi connectivity index (χ2v) is 26.0. The number of anilines is 3. The van der Waals surface area contributed by atoms with Crippen LogP contribution in [-0.4, -0.2) is 186 Å². The molecule has 0 aliphatic carbocycles. The van der Waals surface area contributed by atoms with Gasteiger partial charge in [-0.2, -0.15) is 0 Å².